The number of nitrogens with one attached hydrogen (secondary N) is 1. The number of ether oxygens (including phenoxy) is 2. The van der Waals surface area contributed by atoms with Crippen LogP contribution >= 0.6 is 0 Å². The Morgan fingerprint density at radius 3 is 1.79 bits per heavy atom. The SMILES string of the molecule is CCCCCCCCCCCCCCCCCC(=O)N(CC(C)O[C@H]1[C@H](O)[C@@H](CO)O[C@H](O)[C@@H]1NC(C)=O)[C@@H](C)C(=O)O. The minimum absolute atomic E-state index is 0.0677. The van der Waals surface area contributed by atoms with E-state index in [0.29, 0.717) is 6.42 Å². The molecule has 43 heavy (non-hydrogen) atoms. The maximum atomic E-state index is 13.1. The van der Waals surface area contributed by atoms with Crippen LogP contribution in [0.5, 0.6) is 0 Å². The maximum absolute atomic E-state index is 13.1. The fraction of sp³-hybridized carbons (Fsp3) is 0.906. The van der Waals surface area contributed by atoms with Gasteiger partial charge in [-0.2, -0.15) is 0 Å². The van der Waals surface area contributed by atoms with Crippen molar-refractivity contribution in [3.8, 4) is 0 Å². The number of carboxylic acids is 1. The van der Waals surface area contributed by atoms with E-state index in [2.05, 4.69) is 12.2 Å². The van der Waals surface area contributed by atoms with Crippen molar-refractivity contribution in [2.45, 2.75) is 173 Å². The van der Waals surface area contributed by atoms with Crippen LogP contribution in [0.4, 0.5) is 0 Å². The van der Waals surface area contributed by atoms with E-state index in [-0.39, 0.29) is 18.9 Å². The molecule has 1 aliphatic heterocycles. The van der Waals surface area contributed by atoms with Crippen LogP contribution in [0.3, 0.4) is 0 Å². The van der Waals surface area contributed by atoms with E-state index in [4.69, 9.17) is 9.47 Å². The van der Waals surface area contributed by atoms with E-state index in [1.54, 1.807) is 6.92 Å². The molecule has 0 aromatic rings. The summed E-state index contributed by atoms with van der Waals surface area (Å²) in [4.78, 5) is 37.8. The number of aliphatic carboxylic acids is 1. The van der Waals surface area contributed by atoms with Crippen molar-refractivity contribution < 1.29 is 44.3 Å². The van der Waals surface area contributed by atoms with Gasteiger partial charge < -0.3 is 40.1 Å². The third-order valence-electron chi connectivity index (χ3n) is 8.23. The normalized spacial score (nSPS) is 23.5. The Morgan fingerprint density at radius 2 is 1.35 bits per heavy atom. The molecule has 0 aromatic carbocycles. The van der Waals surface area contributed by atoms with Gasteiger partial charge in [0.25, 0.3) is 0 Å². The van der Waals surface area contributed by atoms with Crippen molar-refractivity contribution in [3.63, 3.8) is 0 Å². The number of hydrogen-bond acceptors (Lipinski definition) is 8. The van der Waals surface area contributed by atoms with Gasteiger partial charge in [-0.3, -0.25) is 9.59 Å². The summed E-state index contributed by atoms with van der Waals surface area (Å²) in [7, 11) is 0. The second-order valence-electron chi connectivity index (χ2n) is 12.1. The number of carbonyl (C=O) groups excluding carboxylic acids is 2. The van der Waals surface area contributed by atoms with Crippen LogP contribution < -0.4 is 5.32 Å². The molecule has 0 spiro atoms. The molecule has 1 fully saturated rings. The van der Waals surface area contributed by atoms with Crippen LogP contribution in [-0.2, 0) is 23.9 Å². The molecule has 5 N–H and O–H groups in total. The molecule has 0 aromatic heterocycles. The van der Waals surface area contributed by atoms with Crippen LogP contribution in [0.15, 0.2) is 0 Å². The topological polar surface area (TPSA) is 166 Å². The van der Waals surface area contributed by atoms with Crippen LogP contribution in [0.2, 0.25) is 0 Å². The largest absolute Gasteiger partial charge is 0.480 e. The van der Waals surface area contributed by atoms with Gasteiger partial charge in [0, 0.05) is 19.9 Å². The van der Waals surface area contributed by atoms with Gasteiger partial charge in [-0.15, -0.1) is 0 Å². The first-order valence-corrected chi connectivity index (χ1v) is 16.6. The van der Waals surface area contributed by atoms with E-state index in [0.717, 1.165) is 19.3 Å². The Kier molecular flexibility index (Phi) is 20.7. The highest BCUT2D eigenvalue weighted by molar-refractivity contribution is 5.83. The van der Waals surface area contributed by atoms with Gasteiger partial charge in [-0.25, -0.2) is 4.79 Å². The fourth-order valence-electron chi connectivity index (χ4n) is 5.62. The zero-order chi connectivity index (χ0) is 32.2. The molecular formula is C32H60N2O9. The fourth-order valence-corrected chi connectivity index (χ4v) is 5.62. The van der Waals surface area contributed by atoms with Crippen LogP contribution in [0.25, 0.3) is 0 Å². The summed E-state index contributed by atoms with van der Waals surface area (Å²) >= 11 is 0. The molecule has 1 saturated heterocycles. The van der Waals surface area contributed by atoms with E-state index in [1.165, 1.54) is 89.4 Å². The second-order valence-corrected chi connectivity index (χ2v) is 12.1. The molecule has 11 heteroatoms. The first-order valence-electron chi connectivity index (χ1n) is 16.6. The van der Waals surface area contributed by atoms with Crippen molar-refractivity contribution in [1.29, 1.82) is 0 Å². The molecule has 1 rings (SSSR count). The third-order valence-corrected chi connectivity index (χ3v) is 8.23. The third kappa shape index (κ3) is 15.7. The van der Waals surface area contributed by atoms with E-state index >= 15 is 0 Å². The first-order chi connectivity index (χ1) is 20.5. The molecule has 1 heterocycles. The van der Waals surface area contributed by atoms with E-state index in [9.17, 15) is 34.8 Å². The highest BCUT2D eigenvalue weighted by Crippen LogP contribution is 2.24. The van der Waals surface area contributed by atoms with Gasteiger partial charge in [0.05, 0.1) is 12.7 Å². The Morgan fingerprint density at radius 1 is 0.860 bits per heavy atom. The summed E-state index contributed by atoms with van der Waals surface area (Å²) in [5.41, 5.74) is 0. The number of amides is 2. The standard InChI is InChI=1S/C32H60N2O9/c1-5-6-7-8-9-10-11-12-13-14-15-16-17-18-19-20-27(37)34(24(3)31(39)40)21-23(2)42-30-28(33-25(4)36)32(41)43-26(22-35)29(30)38/h23-24,26,28-30,32,35,38,41H,5-22H2,1-4H3,(H,33,36)(H,39,40)/t23?,24-,26+,28+,29+,30+,32-/m0/s1. The lowest BCUT2D eigenvalue weighted by Gasteiger charge is -2.43. The number of nitrogens with zero attached hydrogens (tertiary/aromatic N) is 1. The van der Waals surface area contributed by atoms with Crippen LogP contribution in [0, 0.1) is 0 Å². The summed E-state index contributed by atoms with van der Waals surface area (Å²) in [6.07, 6.45) is 12.5. The molecule has 0 aliphatic carbocycles. The van der Waals surface area contributed by atoms with Gasteiger partial charge >= 0.3 is 5.97 Å². The van der Waals surface area contributed by atoms with Gasteiger partial charge in [0.15, 0.2) is 6.29 Å². The smallest absolute Gasteiger partial charge is 0.326 e. The minimum Gasteiger partial charge on any atom is -0.480 e. The lowest BCUT2D eigenvalue weighted by molar-refractivity contribution is -0.268. The number of aliphatic hydroxyl groups is 3. The van der Waals surface area contributed by atoms with Crippen molar-refractivity contribution in [2.24, 2.45) is 0 Å². The summed E-state index contributed by atoms with van der Waals surface area (Å²) < 4.78 is 11.2. The molecule has 0 bridgehead atoms. The number of hydrogen-bond donors (Lipinski definition) is 5. The zero-order valence-electron chi connectivity index (χ0n) is 27.0. The number of carboxylic acid groups (broad SMARTS) is 1. The Hall–Kier alpha value is -1.79. The average Bonchev–Trinajstić information content (AvgIpc) is 2.96. The van der Waals surface area contributed by atoms with Gasteiger partial charge in [-0.1, -0.05) is 96.8 Å². The molecule has 252 valence electrons. The maximum Gasteiger partial charge on any atom is 0.326 e. The zero-order valence-corrected chi connectivity index (χ0v) is 27.0. The number of aliphatic hydroxyl groups excluding tert-OH is 3. The average molecular weight is 617 g/mol. The van der Waals surface area contributed by atoms with E-state index < -0.39 is 61.3 Å². The van der Waals surface area contributed by atoms with Crippen molar-refractivity contribution in [2.75, 3.05) is 13.2 Å². The molecular weight excluding hydrogens is 556 g/mol. The van der Waals surface area contributed by atoms with Crippen molar-refractivity contribution >= 4 is 17.8 Å². The van der Waals surface area contributed by atoms with Crippen LogP contribution in [-0.4, -0.2) is 99.1 Å². The molecule has 0 radical (unpaired) electrons. The Labute approximate surface area is 258 Å². The van der Waals surface area contributed by atoms with E-state index in [1.807, 2.05) is 0 Å². The molecule has 0 saturated carbocycles. The van der Waals surface area contributed by atoms with Gasteiger partial charge in [0.1, 0.15) is 30.4 Å². The highest BCUT2D eigenvalue weighted by atomic mass is 16.6. The van der Waals surface area contributed by atoms with Gasteiger partial charge in [-0.05, 0) is 20.3 Å². The Bertz CT molecular complexity index is 784. The molecule has 1 aliphatic rings. The summed E-state index contributed by atoms with van der Waals surface area (Å²) in [6, 6.07) is -2.21. The predicted octanol–water partition coefficient (Wildman–Crippen LogP) is 3.90. The molecule has 11 nitrogen and oxygen atoms in total. The number of unbranched alkanes of at least 4 members (excludes halogenated alkanes) is 14. The van der Waals surface area contributed by atoms with Crippen molar-refractivity contribution in [1.82, 2.24) is 10.2 Å². The molecule has 1 unspecified atom stereocenters. The lowest BCUT2D eigenvalue weighted by atomic mass is 9.96. The number of carbonyl (C=O) groups is 3. The monoisotopic (exact) mass is 616 g/mol. The minimum atomic E-state index is -1.54. The summed E-state index contributed by atoms with van der Waals surface area (Å²) in [6.45, 7) is 5.89. The van der Waals surface area contributed by atoms with Crippen LogP contribution in [0.1, 0.15) is 130 Å². The number of rotatable bonds is 24. The summed E-state index contributed by atoms with van der Waals surface area (Å²) in [5.74, 6) is -1.92. The predicted molar refractivity (Wildman–Crippen MR) is 164 cm³/mol. The first kappa shape index (κ1) is 39.2. The lowest BCUT2D eigenvalue weighted by Crippen LogP contribution is -2.65. The molecule has 7 atom stereocenters. The van der Waals surface area contributed by atoms with Crippen molar-refractivity contribution in [3.05, 3.63) is 0 Å². The van der Waals surface area contributed by atoms with Gasteiger partial charge in [0.2, 0.25) is 11.8 Å². The summed E-state index contributed by atoms with van der Waals surface area (Å²) in [5, 5.41) is 42.7. The molecule has 2 amide bonds. The highest BCUT2D eigenvalue weighted by Gasteiger charge is 2.46. The Balaban J connectivity index is 2.47. The second kappa shape index (κ2) is 22.7. The quantitative estimate of drug-likeness (QED) is 0.101.